The molecule has 0 aromatic carbocycles. The number of Topliss-reactive ketones (excluding diaryl/α,β-unsaturated/α-hetero) is 2. The Labute approximate surface area is 448 Å². The van der Waals surface area contributed by atoms with Crippen LogP contribution in [0.4, 0.5) is 0 Å². The second-order valence-corrected chi connectivity index (χ2v) is 22.8. The minimum atomic E-state index is -2.44. The summed E-state index contributed by atoms with van der Waals surface area (Å²) >= 11 is 0. The molecule has 75 heavy (non-hydrogen) atoms. The van der Waals surface area contributed by atoms with E-state index in [0.717, 1.165) is 43.3 Å². The van der Waals surface area contributed by atoms with E-state index in [0.29, 0.717) is 89.3 Å². The van der Waals surface area contributed by atoms with E-state index in [-0.39, 0.29) is 67.7 Å². The van der Waals surface area contributed by atoms with Crippen LogP contribution in [0.3, 0.4) is 0 Å². The molecule has 1 aliphatic carbocycles. The highest BCUT2D eigenvalue weighted by Crippen LogP contribution is 2.39. The maximum atomic E-state index is 14.6. The molecule has 0 aromatic heterocycles. The zero-order chi connectivity index (χ0) is 54.8. The van der Waals surface area contributed by atoms with Gasteiger partial charge >= 0.3 is 5.97 Å². The highest BCUT2D eigenvalue weighted by Gasteiger charge is 2.53. The Balaban J connectivity index is 1.47. The monoisotopic (exact) mass is 1050 g/mol. The Hall–Kier alpha value is -3.38. The number of piperidine rings is 1. The van der Waals surface area contributed by atoms with Gasteiger partial charge in [-0.1, -0.05) is 77.7 Å². The quantitative estimate of drug-likeness (QED) is 0.0730. The number of hydrogen-bond acceptors (Lipinski definition) is 14. The lowest BCUT2D eigenvalue weighted by molar-refractivity contribution is -0.266. The maximum absolute atomic E-state index is 14.6. The van der Waals surface area contributed by atoms with Gasteiger partial charge in [-0.05, 0) is 144 Å². The molecule has 0 spiro atoms. The Bertz CT molecular complexity index is 1980. The lowest BCUT2D eigenvalue weighted by atomic mass is 9.78. The summed E-state index contributed by atoms with van der Waals surface area (Å²) in [7, 11) is 3.21. The molecule has 2 bridgehead atoms. The van der Waals surface area contributed by atoms with Crippen molar-refractivity contribution in [1.29, 1.82) is 0 Å². The Kier molecular flexibility index (Phi) is 25.6. The molecule has 4 aliphatic heterocycles. The summed E-state index contributed by atoms with van der Waals surface area (Å²) in [6, 6.07) is -1.13. The highest BCUT2D eigenvalue weighted by molar-refractivity contribution is 6.39. The predicted molar refractivity (Wildman–Crippen MR) is 287 cm³/mol. The second-order valence-electron chi connectivity index (χ2n) is 22.8. The molecule has 15 heteroatoms. The Morgan fingerprint density at radius 2 is 1.60 bits per heavy atom. The number of carbonyl (C=O) groups is 4. The number of cyclic esters (lactones) is 1. The van der Waals surface area contributed by atoms with E-state index >= 15 is 0 Å². The van der Waals surface area contributed by atoms with Crippen molar-refractivity contribution in [2.24, 2.45) is 41.4 Å². The molecule has 3 saturated heterocycles. The van der Waals surface area contributed by atoms with Crippen molar-refractivity contribution in [3.63, 3.8) is 0 Å². The molecule has 15 atom stereocenters. The highest BCUT2D eigenvalue weighted by atomic mass is 16.6. The van der Waals surface area contributed by atoms with Crippen molar-refractivity contribution in [3.8, 4) is 0 Å². The maximum Gasteiger partial charge on any atom is 0.329 e. The molecule has 15 nitrogen and oxygen atoms in total. The van der Waals surface area contributed by atoms with Crippen LogP contribution < -0.4 is 0 Å². The second kappa shape index (κ2) is 30.7. The van der Waals surface area contributed by atoms with Gasteiger partial charge in [0.1, 0.15) is 30.1 Å². The zero-order valence-corrected chi connectivity index (χ0v) is 47.0. The van der Waals surface area contributed by atoms with Crippen LogP contribution in [0, 0.1) is 41.4 Å². The molecule has 0 aromatic rings. The summed E-state index contributed by atoms with van der Waals surface area (Å²) in [5, 5.41) is 33.3. The number of carbonyl (C=O) groups excluding carboxylic acids is 4. The van der Waals surface area contributed by atoms with Crippen molar-refractivity contribution < 1.29 is 67.7 Å². The molecular weight excluding hydrogens is 959 g/mol. The van der Waals surface area contributed by atoms with Crippen molar-refractivity contribution >= 4 is 23.4 Å². The minimum absolute atomic E-state index is 0.00911. The molecule has 0 radical (unpaired) electrons. The number of amides is 1. The number of nitrogens with zero attached hydrogens (tertiary/aromatic N) is 1. The molecule has 1 amide bonds. The van der Waals surface area contributed by atoms with Crippen LogP contribution >= 0.6 is 0 Å². The predicted octanol–water partition coefficient (Wildman–Crippen LogP) is 8.37. The zero-order valence-electron chi connectivity index (χ0n) is 47.0. The van der Waals surface area contributed by atoms with E-state index in [1.165, 1.54) is 4.90 Å². The average Bonchev–Trinajstić information content (AvgIpc) is 3.40. The fourth-order valence-electron chi connectivity index (χ4n) is 11.8. The number of ether oxygens (including phenoxy) is 7. The van der Waals surface area contributed by atoms with Crippen LogP contribution in [0.1, 0.15) is 145 Å². The van der Waals surface area contributed by atoms with Crippen LogP contribution in [0.2, 0.25) is 0 Å². The van der Waals surface area contributed by atoms with E-state index in [2.05, 4.69) is 26.5 Å². The summed E-state index contributed by atoms with van der Waals surface area (Å²) in [5.74, 6) is -6.50. The molecular formula is C60H95NO14. The van der Waals surface area contributed by atoms with Gasteiger partial charge in [-0.3, -0.25) is 14.4 Å². The molecule has 5 aliphatic rings. The number of fused-ring (bicyclic) bond motifs is 3. The average molecular weight is 1050 g/mol. The molecule has 4 fully saturated rings. The first-order chi connectivity index (χ1) is 35.8. The number of allylic oxidation sites excluding steroid dienone is 6. The van der Waals surface area contributed by atoms with Gasteiger partial charge in [0.25, 0.3) is 11.7 Å². The fraction of sp³-hybridized carbons (Fsp3) is 0.767. The number of hydrogen-bond donors (Lipinski definition) is 3. The van der Waals surface area contributed by atoms with Gasteiger partial charge in [0.05, 0.1) is 31.0 Å². The van der Waals surface area contributed by atoms with Gasteiger partial charge in [-0.25, -0.2) is 4.79 Å². The van der Waals surface area contributed by atoms with Gasteiger partial charge in [0.2, 0.25) is 5.79 Å². The number of methoxy groups -OCH3 is 2. The molecule has 424 valence electrons. The number of rotatable bonds is 12. The topological polar surface area (TPSA) is 197 Å². The van der Waals surface area contributed by atoms with Gasteiger partial charge in [-0.2, -0.15) is 0 Å². The lowest BCUT2D eigenvalue weighted by Gasteiger charge is -2.43. The van der Waals surface area contributed by atoms with Crippen molar-refractivity contribution in [3.05, 3.63) is 59.8 Å². The first-order valence-corrected chi connectivity index (χ1v) is 28.3. The molecule has 1 saturated carbocycles. The standard InChI is InChI=1S/C60H95NO14/c1-38-17-12-11-13-18-39(2)52(73-37-46-24-29-71-30-25-46)35-48-22-20-44(7)60(68,75-48)57(65)58(66)61-26-15-14-19-49(61)59(67)74-53(42(5)33-47-21-23-51(54(34-47)69-9)72-28-16-27-62)36-50(63)41(4)32-43(6)55(64)56(70-10)45(8)40(3)31-38/h11-13,17-18,32,38,40-42,44,46-49,51-56,62,64,68H,8,14-16,19-31,33-37H2,1-7,9-10H3/b13-11+,17-12+,39-18+,43-32+/t38-,40-,41-,42-,44-,47+,48+,49?,51-,52?,53+,54-,55-,56+,60-/m1/s1. The Morgan fingerprint density at radius 1 is 0.853 bits per heavy atom. The summed E-state index contributed by atoms with van der Waals surface area (Å²) < 4.78 is 42.8. The summed E-state index contributed by atoms with van der Waals surface area (Å²) in [6.07, 6.45) is 16.4. The van der Waals surface area contributed by atoms with Crippen molar-refractivity contribution in [2.75, 3.05) is 53.8 Å². The van der Waals surface area contributed by atoms with Gasteiger partial charge in [0.15, 0.2) is 0 Å². The van der Waals surface area contributed by atoms with Crippen LogP contribution in [0.25, 0.3) is 0 Å². The van der Waals surface area contributed by atoms with E-state index in [1.807, 2.05) is 38.2 Å². The molecule has 3 N–H and O–H groups in total. The number of aliphatic hydroxyl groups excluding tert-OH is 2. The van der Waals surface area contributed by atoms with E-state index < -0.39 is 71.8 Å². The summed E-state index contributed by atoms with van der Waals surface area (Å²) in [5.41, 5.74) is 2.24. The van der Waals surface area contributed by atoms with Crippen molar-refractivity contribution in [1.82, 2.24) is 4.90 Å². The first-order valence-electron chi connectivity index (χ1n) is 28.3. The fourth-order valence-corrected chi connectivity index (χ4v) is 11.8. The van der Waals surface area contributed by atoms with Crippen molar-refractivity contribution in [2.45, 2.75) is 199 Å². The van der Waals surface area contributed by atoms with E-state index in [1.54, 1.807) is 41.1 Å². The largest absolute Gasteiger partial charge is 0.460 e. The SMILES string of the molecule is C=C1[C@H](C)C[C@H](C)/C=C/C=C/C=C(\C)C(OCC2CCOCC2)C[C@@H]2CC[C@@H](C)[C@@](O)(O2)C(=O)C(=O)N2CCCCC2C(=O)O[C@H]([C@H](C)C[C@@H]2CC[C@@H](OCCCO)[C@H](OC)C2)CC(=O)[C@H](C)/C=C(\C)[C@@H](O)[C@H]1OC. The van der Waals surface area contributed by atoms with Crippen LogP contribution in [0.5, 0.6) is 0 Å². The number of aliphatic hydroxyl groups is 3. The third-order valence-corrected chi connectivity index (χ3v) is 16.9. The van der Waals surface area contributed by atoms with Crippen LogP contribution in [-0.4, -0.2) is 152 Å². The van der Waals surface area contributed by atoms with Gasteiger partial charge < -0.3 is 53.4 Å². The smallest absolute Gasteiger partial charge is 0.329 e. The Morgan fingerprint density at radius 3 is 2.31 bits per heavy atom. The van der Waals surface area contributed by atoms with Crippen LogP contribution in [0.15, 0.2) is 59.8 Å². The number of esters is 1. The summed E-state index contributed by atoms with van der Waals surface area (Å²) in [4.78, 5) is 59.3. The van der Waals surface area contributed by atoms with Gasteiger partial charge in [0, 0.05) is 71.9 Å². The van der Waals surface area contributed by atoms with Crippen LogP contribution in [-0.2, 0) is 52.3 Å². The normalized spacial score (nSPS) is 38.1. The minimum Gasteiger partial charge on any atom is -0.460 e. The third-order valence-electron chi connectivity index (χ3n) is 16.9. The first kappa shape index (κ1) is 62.5. The van der Waals surface area contributed by atoms with Gasteiger partial charge in [-0.15, -0.1) is 0 Å². The molecule has 5 rings (SSSR count). The summed E-state index contributed by atoms with van der Waals surface area (Å²) in [6.45, 7) is 20.3. The van der Waals surface area contributed by atoms with E-state index in [9.17, 15) is 34.5 Å². The molecule has 4 heterocycles. The lowest BCUT2D eigenvalue weighted by Crippen LogP contribution is -2.61. The van der Waals surface area contributed by atoms with E-state index in [4.69, 9.17) is 33.2 Å². The third kappa shape index (κ3) is 17.8. The number of ketones is 2. The molecule has 2 unspecified atom stereocenters.